The van der Waals surface area contributed by atoms with Crippen LogP contribution >= 0.6 is 12.4 Å². The van der Waals surface area contributed by atoms with Crippen molar-refractivity contribution in [3.8, 4) is 0 Å². The van der Waals surface area contributed by atoms with Gasteiger partial charge in [-0.2, -0.15) is 0 Å². The van der Waals surface area contributed by atoms with Gasteiger partial charge >= 0.3 is 0 Å². The summed E-state index contributed by atoms with van der Waals surface area (Å²) in [5.74, 6) is 0.745. The molecule has 2 aliphatic rings. The Morgan fingerprint density at radius 3 is 3.00 bits per heavy atom. The molecule has 0 fully saturated rings. The minimum Gasteiger partial charge on any atom is -0.337 e. The highest BCUT2D eigenvalue weighted by Crippen LogP contribution is 2.47. The lowest BCUT2D eigenvalue weighted by atomic mass is 9.61. The second-order valence-electron chi connectivity index (χ2n) is 6.90. The summed E-state index contributed by atoms with van der Waals surface area (Å²) in [6, 6.07) is 6.98. The van der Waals surface area contributed by atoms with E-state index in [1.165, 1.54) is 32.1 Å². The molecule has 3 heteroatoms. The Balaban J connectivity index is 0.00000132. The van der Waals surface area contributed by atoms with Crippen molar-refractivity contribution < 1.29 is 0 Å². The second kappa shape index (κ2) is 5.49. The molecule has 0 saturated heterocycles. The number of hydrogen-bond acceptors (Lipinski definition) is 1. The van der Waals surface area contributed by atoms with Crippen molar-refractivity contribution in [3.63, 3.8) is 0 Å². The minimum atomic E-state index is 0. The number of imidazole rings is 1. The van der Waals surface area contributed by atoms with Crippen molar-refractivity contribution in [3.05, 3.63) is 53.6 Å². The molecule has 0 saturated carbocycles. The topological polar surface area (TPSA) is 17.8 Å². The van der Waals surface area contributed by atoms with Crippen molar-refractivity contribution in [2.24, 2.45) is 5.92 Å². The molecule has 1 aromatic heterocycles. The highest BCUT2D eigenvalue weighted by molar-refractivity contribution is 5.85. The van der Waals surface area contributed by atoms with Gasteiger partial charge in [0.15, 0.2) is 0 Å². The highest BCUT2D eigenvalue weighted by atomic mass is 35.5. The fourth-order valence-electron chi connectivity index (χ4n) is 4.65. The summed E-state index contributed by atoms with van der Waals surface area (Å²) in [6.07, 6.45) is 12.5. The second-order valence-corrected chi connectivity index (χ2v) is 6.90. The maximum absolute atomic E-state index is 4.18. The van der Waals surface area contributed by atoms with E-state index in [1.54, 1.807) is 16.7 Å². The Morgan fingerprint density at radius 2 is 2.19 bits per heavy atom. The summed E-state index contributed by atoms with van der Waals surface area (Å²) in [5, 5.41) is 0. The standard InChI is InChI=1S/C18H22N2.ClH/c1-18-7-3-6-15-4-2-5-16(17(15)18)10-14(11-18)12-20-9-8-19-13-20;/h2,4-5,8-9,13-14H,3,6-7,10-12H2,1H3;1H/t14-,18-;/m1./s1. The first-order valence-electron chi connectivity index (χ1n) is 7.82. The van der Waals surface area contributed by atoms with E-state index in [-0.39, 0.29) is 12.4 Å². The molecule has 21 heavy (non-hydrogen) atoms. The molecular formula is C18H23ClN2. The van der Waals surface area contributed by atoms with E-state index >= 15 is 0 Å². The van der Waals surface area contributed by atoms with Crippen molar-refractivity contribution in [2.45, 2.75) is 51.0 Å². The number of halogens is 1. The number of nitrogens with zero attached hydrogens (tertiary/aromatic N) is 2. The van der Waals surface area contributed by atoms with E-state index in [9.17, 15) is 0 Å². The summed E-state index contributed by atoms with van der Waals surface area (Å²) in [6.45, 7) is 3.60. The van der Waals surface area contributed by atoms with Crippen LogP contribution in [0.5, 0.6) is 0 Å². The Hall–Kier alpha value is -1.28. The zero-order chi connectivity index (χ0) is 13.6. The van der Waals surface area contributed by atoms with E-state index in [1.807, 2.05) is 12.5 Å². The Bertz CT molecular complexity index is 620. The fraction of sp³-hybridized carbons (Fsp3) is 0.500. The molecule has 0 unspecified atom stereocenters. The van der Waals surface area contributed by atoms with Crippen LogP contribution in [-0.4, -0.2) is 9.55 Å². The Kier molecular flexibility index (Phi) is 3.83. The predicted octanol–water partition coefficient (Wildman–Crippen LogP) is 4.16. The monoisotopic (exact) mass is 302 g/mol. The molecule has 0 aliphatic heterocycles. The van der Waals surface area contributed by atoms with Gasteiger partial charge in [-0.15, -0.1) is 12.4 Å². The molecule has 0 amide bonds. The summed E-state index contributed by atoms with van der Waals surface area (Å²) in [5.41, 5.74) is 5.35. The average molecular weight is 303 g/mol. The lowest BCUT2D eigenvalue weighted by molar-refractivity contribution is 0.251. The van der Waals surface area contributed by atoms with Gasteiger partial charge < -0.3 is 4.57 Å². The zero-order valence-electron chi connectivity index (χ0n) is 12.6. The van der Waals surface area contributed by atoms with Crippen LogP contribution in [0.1, 0.15) is 42.9 Å². The minimum absolute atomic E-state index is 0. The van der Waals surface area contributed by atoms with Gasteiger partial charge in [-0.3, -0.25) is 0 Å². The van der Waals surface area contributed by atoms with Crippen LogP contribution in [0, 0.1) is 5.92 Å². The largest absolute Gasteiger partial charge is 0.337 e. The summed E-state index contributed by atoms with van der Waals surface area (Å²) in [7, 11) is 0. The van der Waals surface area contributed by atoms with E-state index in [0.29, 0.717) is 5.41 Å². The zero-order valence-corrected chi connectivity index (χ0v) is 13.4. The first-order valence-corrected chi connectivity index (χ1v) is 7.82. The first-order chi connectivity index (χ1) is 9.74. The molecule has 2 nitrogen and oxygen atoms in total. The summed E-state index contributed by atoms with van der Waals surface area (Å²) >= 11 is 0. The summed E-state index contributed by atoms with van der Waals surface area (Å²) < 4.78 is 2.24. The lowest BCUT2D eigenvalue weighted by Gasteiger charge is -2.44. The van der Waals surface area contributed by atoms with E-state index in [4.69, 9.17) is 0 Å². The lowest BCUT2D eigenvalue weighted by Crippen LogP contribution is -2.37. The number of aryl methyl sites for hydroxylation is 1. The SMILES string of the molecule is C[C@]12CCCc3cccc(c31)C[C@@H](Cn1ccnc1)C2.Cl. The molecule has 1 aromatic carbocycles. The molecule has 2 atom stereocenters. The Labute approximate surface area is 133 Å². The third-order valence-electron chi connectivity index (χ3n) is 5.29. The van der Waals surface area contributed by atoms with Gasteiger partial charge in [-0.25, -0.2) is 4.98 Å². The van der Waals surface area contributed by atoms with Gasteiger partial charge in [0.2, 0.25) is 0 Å². The molecule has 0 radical (unpaired) electrons. The molecule has 2 aliphatic carbocycles. The first kappa shape index (κ1) is 14.6. The number of benzene rings is 1. The van der Waals surface area contributed by atoms with Crippen molar-refractivity contribution in [2.75, 3.05) is 0 Å². The number of rotatable bonds is 2. The van der Waals surface area contributed by atoms with E-state index < -0.39 is 0 Å². The van der Waals surface area contributed by atoms with Crippen molar-refractivity contribution >= 4 is 12.4 Å². The molecule has 0 N–H and O–H groups in total. The maximum atomic E-state index is 4.18. The smallest absolute Gasteiger partial charge is 0.0945 e. The molecule has 112 valence electrons. The van der Waals surface area contributed by atoms with Crippen LogP contribution in [0.15, 0.2) is 36.9 Å². The van der Waals surface area contributed by atoms with Gasteiger partial charge in [-0.1, -0.05) is 25.1 Å². The summed E-state index contributed by atoms with van der Waals surface area (Å²) in [4.78, 5) is 4.18. The van der Waals surface area contributed by atoms with Gasteiger partial charge in [0.1, 0.15) is 0 Å². The molecule has 2 aromatic rings. The quantitative estimate of drug-likeness (QED) is 0.814. The van der Waals surface area contributed by atoms with Gasteiger partial charge in [0.25, 0.3) is 0 Å². The molecule has 4 rings (SSSR count). The van der Waals surface area contributed by atoms with E-state index in [0.717, 1.165) is 12.5 Å². The van der Waals surface area contributed by atoms with Crippen LogP contribution in [0.4, 0.5) is 0 Å². The van der Waals surface area contributed by atoms with Gasteiger partial charge in [0.05, 0.1) is 6.33 Å². The molecule has 0 spiro atoms. The third-order valence-corrected chi connectivity index (χ3v) is 5.29. The highest BCUT2D eigenvalue weighted by Gasteiger charge is 2.39. The van der Waals surface area contributed by atoms with Crippen LogP contribution in [0.2, 0.25) is 0 Å². The van der Waals surface area contributed by atoms with Crippen molar-refractivity contribution in [1.82, 2.24) is 9.55 Å². The number of aromatic nitrogens is 2. The third kappa shape index (κ3) is 2.50. The molecule has 0 bridgehead atoms. The predicted molar refractivity (Wildman–Crippen MR) is 88.0 cm³/mol. The normalized spacial score (nSPS) is 26.8. The maximum Gasteiger partial charge on any atom is 0.0945 e. The molecular weight excluding hydrogens is 280 g/mol. The van der Waals surface area contributed by atoms with Crippen LogP contribution in [-0.2, 0) is 24.8 Å². The van der Waals surface area contributed by atoms with Crippen LogP contribution in [0.25, 0.3) is 0 Å². The van der Waals surface area contributed by atoms with Gasteiger partial charge in [-0.05, 0) is 60.1 Å². The van der Waals surface area contributed by atoms with Gasteiger partial charge in [0, 0.05) is 18.9 Å². The van der Waals surface area contributed by atoms with Crippen LogP contribution in [0.3, 0.4) is 0 Å². The van der Waals surface area contributed by atoms with Crippen LogP contribution < -0.4 is 0 Å². The molecule has 1 heterocycles. The van der Waals surface area contributed by atoms with E-state index in [2.05, 4.69) is 40.9 Å². The Morgan fingerprint density at radius 1 is 1.33 bits per heavy atom. The van der Waals surface area contributed by atoms with Crippen molar-refractivity contribution in [1.29, 1.82) is 0 Å². The number of hydrogen-bond donors (Lipinski definition) is 0. The fourth-order valence-corrected chi connectivity index (χ4v) is 4.65. The average Bonchev–Trinajstić information content (AvgIpc) is 2.91.